The van der Waals surface area contributed by atoms with Crippen LogP contribution in [-0.4, -0.2) is 11.0 Å². The van der Waals surface area contributed by atoms with Crippen LogP contribution in [0.1, 0.15) is 50.9 Å². The van der Waals surface area contributed by atoms with Gasteiger partial charge in [-0.3, -0.25) is 4.79 Å². The molecular weight excluding hydrogens is 296 g/mol. The van der Waals surface area contributed by atoms with E-state index < -0.39 is 0 Å². The lowest BCUT2D eigenvalue weighted by Gasteiger charge is -2.27. The van der Waals surface area contributed by atoms with E-state index in [-0.39, 0.29) is 17.8 Å². The number of carbonyl (C=O) groups excluding carboxylic acids is 1. The standard InChI is InChI=1S/C17H18N2O2S/c1-9-6-7-12(20)11(8-9)15-18-16(21)14-10-4-2-3-5-13(10)22-17(14)19-15/h6-8,15,19-20H,2-5H2,1H3,(H,18,21)/t15-/m0/s1. The molecular formula is C17H18N2O2S. The molecule has 114 valence electrons. The summed E-state index contributed by atoms with van der Waals surface area (Å²) < 4.78 is 0. The van der Waals surface area contributed by atoms with Gasteiger partial charge in [0, 0.05) is 10.4 Å². The third kappa shape index (κ3) is 2.08. The first-order valence-electron chi connectivity index (χ1n) is 7.65. The smallest absolute Gasteiger partial charge is 0.256 e. The number of nitrogens with one attached hydrogen (secondary N) is 2. The Morgan fingerprint density at radius 2 is 2.05 bits per heavy atom. The highest BCUT2D eigenvalue weighted by Crippen LogP contribution is 2.42. The number of hydrogen-bond acceptors (Lipinski definition) is 4. The average Bonchev–Trinajstić information content (AvgIpc) is 2.88. The summed E-state index contributed by atoms with van der Waals surface area (Å²) in [4.78, 5) is 13.9. The largest absolute Gasteiger partial charge is 0.508 e. The van der Waals surface area contributed by atoms with E-state index in [9.17, 15) is 9.90 Å². The minimum Gasteiger partial charge on any atom is -0.508 e. The summed E-state index contributed by atoms with van der Waals surface area (Å²) in [6.07, 6.45) is 4.06. The van der Waals surface area contributed by atoms with Crippen molar-refractivity contribution in [3.63, 3.8) is 0 Å². The van der Waals surface area contributed by atoms with Crippen molar-refractivity contribution in [2.45, 2.75) is 38.8 Å². The van der Waals surface area contributed by atoms with E-state index >= 15 is 0 Å². The topological polar surface area (TPSA) is 61.4 Å². The van der Waals surface area contributed by atoms with Crippen molar-refractivity contribution in [1.82, 2.24) is 5.32 Å². The molecule has 2 aliphatic rings. The summed E-state index contributed by atoms with van der Waals surface area (Å²) in [5.41, 5.74) is 3.82. The molecule has 0 saturated carbocycles. The number of aryl methyl sites for hydroxylation is 2. The number of anilines is 1. The van der Waals surface area contributed by atoms with Crippen LogP contribution in [0.2, 0.25) is 0 Å². The molecule has 1 aromatic heterocycles. The molecule has 2 heterocycles. The van der Waals surface area contributed by atoms with Crippen LogP contribution in [0.4, 0.5) is 5.00 Å². The first-order chi connectivity index (χ1) is 10.6. The fourth-order valence-electron chi connectivity index (χ4n) is 3.34. The molecule has 5 heteroatoms. The van der Waals surface area contributed by atoms with Gasteiger partial charge in [-0.05, 0) is 50.3 Å². The zero-order chi connectivity index (χ0) is 15.3. The quantitative estimate of drug-likeness (QED) is 0.755. The van der Waals surface area contributed by atoms with E-state index in [2.05, 4.69) is 10.6 Å². The van der Waals surface area contributed by atoms with Crippen molar-refractivity contribution in [3.8, 4) is 5.75 Å². The van der Waals surface area contributed by atoms with Crippen LogP contribution in [0, 0.1) is 6.92 Å². The van der Waals surface area contributed by atoms with E-state index in [0.717, 1.165) is 35.4 Å². The van der Waals surface area contributed by atoms with Gasteiger partial charge in [-0.15, -0.1) is 11.3 Å². The second kappa shape index (κ2) is 5.02. The number of aromatic hydroxyl groups is 1. The second-order valence-corrected chi connectivity index (χ2v) is 7.13. The molecule has 0 spiro atoms. The molecule has 0 radical (unpaired) electrons. The highest BCUT2D eigenvalue weighted by molar-refractivity contribution is 7.16. The molecule has 0 fully saturated rings. The van der Waals surface area contributed by atoms with Crippen molar-refractivity contribution < 1.29 is 9.90 Å². The summed E-state index contributed by atoms with van der Waals surface area (Å²) in [6.45, 7) is 1.98. The Balaban J connectivity index is 1.74. The van der Waals surface area contributed by atoms with Gasteiger partial charge in [0.05, 0.1) is 5.56 Å². The number of phenolic OH excluding ortho intramolecular Hbond substituents is 1. The minimum absolute atomic E-state index is 0.0287. The number of benzene rings is 1. The molecule has 4 nitrogen and oxygen atoms in total. The fraction of sp³-hybridized carbons (Fsp3) is 0.353. The molecule has 3 N–H and O–H groups in total. The lowest BCUT2D eigenvalue weighted by Crippen LogP contribution is -2.38. The first-order valence-corrected chi connectivity index (χ1v) is 8.46. The van der Waals surface area contributed by atoms with Crippen molar-refractivity contribution in [2.24, 2.45) is 0 Å². The van der Waals surface area contributed by atoms with Gasteiger partial charge in [0.2, 0.25) is 0 Å². The molecule has 1 atom stereocenters. The lowest BCUT2D eigenvalue weighted by molar-refractivity contribution is 0.0935. The van der Waals surface area contributed by atoms with E-state index in [1.807, 2.05) is 19.1 Å². The summed E-state index contributed by atoms with van der Waals surface area (Å²) in [5.74, 6) is 0.173. The number of hydrogen-bond donors (Lipinski definition) is 3. The zero-order valence-corrected chi connectivity index (χ0v) is 13.2. The molecule has 0 saturated heterocycles. The Labute approximate surface area is 133 Å². The maximum atomic E-state index is 12.6. The molecule has 0 unspecified atom stereocenters. The molecule has 1 aliphatic carbocycles. The van der Waals surface area contributed by atoms with Gasteiger partial charge < -0.3 is 15.7 Å². The van der Waals surface area contributed by atoms with E-state index in [4.69, 9.17) is 0 Å². The maximum Gasteiger partial charge on any atom is 0.256 e. The average molecular weight is 314 g/mol. The summed E-state index contributed by atoms with van der Waals surface area (Å²) >= 11 is 1.70. The molecule has 4 rings (SSSR count). The van der Waals surface area contributed by atoms with Crippen LogP contribution in [0.15, 0.2) is 18.2 Å². The maximum absolute atomic E-state index is 12.6. The van der Waals surface area contributed by atoms with Crippen molar-refractivity contribution in [2.75, 3.05) is 5.32 Å². The van der Waals surface area contributed by atoms with Crippen LogP contribution < -0.4 is 10.6 Å². The Morgan fingerprint density at radius 3 is 2.91 bits per heavy atom. The predicted octanol–water partition coefficient (Wildman–Crippen LogP) is 3.50. The molecule has 1 amide bonds. The van der Waals surface area contributed by atoms with Crippen molar-refractivity contribution in [3.05, 3.63) is 45.3 Å². The Hall–Kier alpha value is -2.01. The van der Waals surface area contributed by atoms with Crippen LogP contribution in [0.25, 0.3) is 0 Å². The van der Waals surface area contributed by atoms with Crippen LogP contribution in [0.5, 0.6) is 5.75 Å². The first kappa shape index (κ1) is 13.6. The highest BCUT2D eigenvalue weighted by Gasteiger charge is 2.32. The SMILES string of the molecule is Cc1ccc(O)c([C@H]2NC(=O)c3c(sc4c3CCCC4)N2)c1. The highest BCUT2D eigenvalue weighted by atomic mass is 32.1. The van der Waals surface area contributed by atoms with Gasteiger partial charge in [-0.1, -0.05) is 11.6 Å². The summed E-state index contributed by atoms with van der Waals surface area (Å²) in [7, 11) is 0. The monoisotopic (exact) mass is 314 g/mol. The van der Waals surface area contributed by atoms with Crippen molar-refractivity contribution >= 4 is 22.2 Å². The number of fused-ring (bicyclic) bond motifs is 3. The number of carbonyl (C=O) groups is 1. The van der Waals surface area contributed by atoms with Gasteiger partial charge in [0.1, 0.15) is 16.9 Å². The Morgan fingerprint density at radius 1 is 1.23 bits per heavy atom. The van der Waals surface area contributed by atoms with Gasteiger partial charge in [-0.2, -0.15) is 0 Å². The molecule has 2 aromatic rings. The molecule has 0 bridgehead atoms. The second-order valence-electron chi connectivity index (χ2n) is 6.03. The minimum atomic E-state index is -0.375. The number of amides is 1. The fourth-order valence-corrected chi connectivity index (χ4v) is 4.65. The molecule has 22 heavy (non-hydrogen) atoms. The summed E-state index contributed by atoms with van der Waals surface area (Å²) in [5, 5.41) is 17.4. The third-order valence-electron chi connectivity index (χ3n) is 4.44. The summed E-state index contributed by atoms with van der Waals surface area (Å²) in [6, 6.07) is 5.44. The van der Waals surface area contributed by atoms with Gasteiger partial charge in [0.15, 0.2) is 0 Å². The Bertz CT molecular complexity index is 766. The number of phenols is 1. The van der Waals surface area contributed by atoms with E-state index in [1.54, 1.807) is 17.4 Å². The van der Waals surface area contributed by atoms with Crippen LogP contribution in [0.3, 0.4) is 0 Å². The molecule has 1 aliphatic heterocycles. The Kier molecular flexibility index (Phi) is 3.11. The third-order valence-corrected chi connectivity index (χ3v) is 5.67. The van der Waals surface area contributed by atoms with Gasteiger partial charge in [0.25, 0.3) is 5.91 Å². The normalized spacial score (nSPS) is 19.9. The van der Waals surface area contributed by atoms with E-state index in [0.29, 0.717) is 5.56 Å². The zero-order valence-electron chi connectivity index (χ0n) is 12.4. The van der Waals surface area contributed by atoms with Crippen molar-refractivity contribution in [1.29, 1.82) is 0 Å². The lowest BCUT2D eigenvalue weighted by atomic mass is 9.94. The molecule has 1 aromatic carbocycles. The van der Waals surface area contributed by atoms with Gasteiger partial charge in [-0.25, -0.2) is 0 Å². The predicted molar refractivity (Wildman–Crippen MR) is 87.6 cm³/mol. The van der Waals surface area contributed by atoms with E-state index in [1.165, 1.54) is 16.9 Å². The number of thiophene rings is 1. The number of rotatable bonds is 1. The van der Waals surface area contributed by atoms with Gasteiger partial charge >= 0.3 is 0 Å². The van der Waals surface area contributed by atoms with Crippen LogP contribution >= 0.6 is 11.3 Å². The van der Waals surface area contributed by atoms with Crippen LogP contribution in [-0.2, 0) is 12.8 Å².